The van der Waals surface area contributed by atoms with Gasteiger partial charge in [-0.25, -0.2) is 9.97 Å². The molecule has 2 N–H and O–H groups in total. The second-order valence-corrected chi connectivity index (χ2v) is 3.92. The van der Waals surface area contributed by atoms with E-state index in [-0.39, 0.29) is 6.61 Å². The lowest BCUT2D eigenvalue weighted by atomic mass is 10.3. The van der Waals surface area contributed by atoms with Gasteiger partial charge in [0.05, 0.1) is 6.61 Å². The molecule has 1 aromatic rings. The highest BCUT2D eigenvalue weighted by atomic mass is 16.5. The minimum Gasteiger partial charge on any atom is -0.395 e. The normalized spacial score (nSPS) is 10.4. The Hall–Kier alpha value is -1.40. The van der Waals surface area contributed by atoms with E-state index in [1.165, 1.54) is 0 Å². The Morgan fingerprint density at radius 2 is 2.17 bits per heavy atom. The number of hydrogen-bond acceptors (Lipinski definition) is 6. The topological polar surface area (TPSA) is 70.5 Å². The van der Waals surface area contributed by atoms with Crippen molar-refractivity contribution in [3.63, 3.8) is 0 Å². The van der Waals surface area contributed by atoms with Crippen molar-refractivity contribution in [2.75, 3.05) is 44.1 Å². The van der Waals surface area contributed by atoms with Crippen molar-refractivity contribution in [2.24, 2.45) is 0 Å². The van der Waals surface area contributed by atoms with Crippen molar-refractivity contribution in [3.05, 3.63) is 11.9 Å². The van der Waals surface area contributed by atoms with E-state index in [2.05, 4.69) is 22.2 Å². The van der Waals surface area contributed by atoms with Crippen LogP contribution in [0.4, 0.5) is 11.6 Å². The number of hydrogen-bond donors (Lipinski definition) is 2. The maximum Gasteiger partial charge on any atom is 0.158 e. The minimum atomic E-state index is 0.110. The molecule has 1 heterocycles. The highest BCUT2D eigenvalue weighted by molar-refractivity contribution is 5.49. The summed E-state index contributed by atoms with van der Waals surface area (Å²) >= 11 is 0. The summed E-state index contributed by atoms with van der Waals surface area (Å²) in [6.45, 7) is 4.01. The fraction of sp³-hybridized carbons (Fsp3) is 0.667. The van der Waals surface area contributed by atoms with Crippen molar-refractivity contribution < 1.29 is 9.84 Å². The predicted octanol–water partition coefficient (Wildman–Crippen LogP) is 0.873. The highest BCUT2D eigenvalue weighted by Gasteiger charge is 2.10. The molecule has 0 saturated carbocycles. The van der Waals surface area contributed by atoms with Crippen LogP contribution >= 0.6 is 0 Å². The fourth-order valence-electron chi connectivity index (χ4n) is 1.70. The monoisotopic (exact) mass is 254 g/mol. The zero-order chi connectivity index (χ0) is 13.4. The first-order chi connectivity index (χ1) is 8.74. The molecule has 0 bridgehead atoms. The highest BCUT2D eigenvalue weighted by Crippen LogP contribution is 2.16. The molecule has 6 nitrogen and oxygen atoms in total. The van der Waals surface area contributed by atoms with Crippen LogP contribution in [0.1, 0.15) is 19.2 Å². The summed E-state index contributed by atoms with van der Waals surface area (Å²) in [6.07, 6.45) is 0.999. The van der Waals surface area contributed by atoms with Gasteiger partial charge in [0.15, 0.2) is 5.82 Å². The maximum atomic E-state index is 9.10. The van der Waals surface area contributed by atoms with Gasteiger partial charge in [0, 0.05) is 33.3 Å². The first-order valence-electron chi connectivity index (χ1n) is 6.15. The molecular formula is C12H22N4O2. The Morgan fingerprint density at radius 1 is 1.39 bits per heavy atom. The third kappa shape index (κ3) is 4.12. The Balaban J connectivity index is 2.99. The molecule has 0 aliphatic rings. The van der Waals surface area contributed by atoms with Crippen LogP contribution in [0.2, 0.25) is 0 Å². The summed E-state index contributed by atoms with van der Waals surface area (Å²) in [4.78, 5) is 10.8. The molecule has 6 heteroatoms. The smallest absolute Gasteiger partial charge is 0.158 e. The zero-order valence-corrected chi connectivity index (χ0v) is 11.3. The summed E-state index contributed by atoms with van der Waals surface area (Å²) in [5.74, 6) is 2.21. The summed E-state index contributed by atoms with van der Waals surface area (Å²) in [5, 5.41) is 12.1. The fourth-order valence-corrected chi connectivity index (χ4v) is 1.70. The molecule has 0 amide bonds. The minimum absolute atomic E-state index is 0.110. The van der Waals surface area contributed by atoms with Crippen molar-refractivity contribution in [1.29, 1.82) is 0 Å². The van der Waals surface area contributed by atoms with Gasteiger partial charge in [0.2, 0.25) is 0 Å². The third-order valence-electron chi connectivity index (χ3n) is 2.48. The van der Waals surface area contributed by atoms with Gasteiger partial charge in [-0.3, -0.25) is 0 Å². The largest absolute Gasteiger partial charge is 0.395 e. The molecule has 1 aromatic heterocycles. The lowest BCUT2D eigenvalue weighted by Gasteiger charge is -2.23. The number of aliphatic hydroxyl groups is 1. The van der Waals surface area contributed by atoms with Crippen molar-refractivity contribution >= 4 is 11.6 Å². The first kappa shape index (κ1) is 14.7. The summed E-state index contributed by atoms with van der Waals surface area (Å²) in [6, 6.07) is 1.88. The number of rotatable bonds is 8. The van der Waals surface area contributed by atoms with Gasteiger partial charge in [-0.05, 0) is 6.42 Å². The SMILES string of the molecule is CCCN(CCO)c1cc(NC)nc(COC)n1. The van der Waals surface area contributed by atoms with E-state index in [0.717, 1.165) is 24.6 Å². The molecule has 0 aliphatic carbocycles. The number of nitrogens with zero attached hydrogens (tertiary/aromatic N) is 3. The van der Waals surface area contributed by atoms with Crippen LogP contribution in [0.25, 0.3) is 0 Å². The van der Waals surface area contributed by atoms with Crippen molar-refractivity contribution in [2.45, 2.75) is 20.0 Å². The van der Waals surface area contributed by atoms with E-state index in [0.29, 0.717) is 19.0 Å². The van der Waals surface area contributed by atoms with Crippen LogP contribution in [0.3, 0.4) is 0 Å². The number of aromatic nitrogens is 2. The molecule has 1 rings (SSSR count). The lowest BCUT2D eigenvalue weighted by Crippen LogP contribution is -2.28. The Kier molecular flexibility index (Phi) is 6.38. The quantitative estimate of drug-likeness (QED) is 0.717. The third-order valence-corrected chi connectivity index (χ3v) is 2.48. The van der Waals surface area contributed by atoms with Crippen LogP contribution in [0.15, 0.2) is 6.07 Å². The van der Waals surface area contributed by atoms with Crippen molar-refractivity contribution in [3.8, 4) is 0 Å². The summed E-state index contributed by atoms with van der Waals surface area (Å²) in [7, 11) is 3.44. The molecule has 0 radical (unpaired) electrons. The molecule has 0 unspecified atom stereocenters. The number of nitrogens with one attached hydrogen (secondary N) is 1. The summed E-state index contributed by atoms with van der Waals surface area (Å²) < 4.78 is 5.06. The van der Waals surface area contributed by atoms with E-state index in [1.807, 2.05) is 18.0 Å². The van der Waals surface area contributed by atoms with E-state index in [1.54, 1.807) is 7.11 Å². The van der Waals surface area contributed by atoms with Crippen LogP contribution in [0, 0.1) is 0 Å². The van der Waals surface area contributed by atoms with E-state index >= 15 is 0 Å². The van der Waals surface area contributed by atoms with Gasteiger partial charge >= 0.3 is 0 Å². The lowest BCUT2D eigenvalue weighted by molar-refractivity contribution is 0.178. The van der Waals surface area contributed by atoms with Gasteiger partial charge in [0.1, 0.15) is 18.2 Å². The molecule has 0 aliphatic heterocycles. The molecule has 102 valence electrons. The molecule has 18 heavy (non-hydrogen) atoms. The number of aliphatic hydroxyl groups excluding tert-OH is 1. The molecule has 0 fully saturated rings. The van der Waals surface area contributed by atoms with Crippen LogP contribution in [0.5, 0.6) is 0 Å². The van der Waals surface area contributed by atoms with Gasteiger partial charge in [-0.15, -0.1) is 0 Å². The second kappa shape index (κ2) is 7.84. The average Bonchev–Trinajstić information content (AvgIpc) is 2.38. The number of ether oxygens (including phenoxy) is 1. The van der Waals surface area contributed by atoms with Crippen molar-refractivity contribution in [1.82, 2.24) is 9.97 Å². The van der Waals surface area contributed by atoms with E-state index in [4.69, 9.17) is 9.84 Å². The van der Waals surface area contributed by atoms with Gasteiger partial charge in [-0.1, -0.05) is 6.92 Å². The number of anilines is 2. The Bertz CT molecular complexity index is 354. The van der Waals surface area contributed by atoms with Gasteiger partial charge < -0.3 is 20.1 Å². The predicted molar refractivity (Wildman–Crippen MR) is 71.9 cm³/mol. The average molecular weight is 254 g/mol. The van der Waals surface area contributed by atoms with E-state index < -0.39 is 0 Å². The molecule has 0 spiro atoms. The van der Waals surface area contributed by atoms with Crippen LogP contribution in [-0.2, 0) is 11.3 Å². The van der Waals surface area contributed by atoms with Crippen LogP contribution in [-0.4, -0.2) is 48.9 Å². The van der Waals surface area contributed by atoms with Gasteiger partial charge in [-0.2, -0.15) is 0 Å². The molecule has 0 atom stereocenters. The molecular weight excluding hydrogens is 232 g/mol. The maximum absolute atomic E-state index is 9.10. The Labute approximate surface area is 108 Å². The van der Waals surface area contributed by atoms with Crippen LogP contribution < -0.4 is 10.2 Å². The zero-order valence-electron chi connectivity index (χ0n) is 11.3. The van der Waals surface area contributed by atoms with E-state index in [9.17, 15) is 0 Å². The molecule has 0 saturated heterocycles. The molecule has 0 aromatic carbocycles. The number of methoxy groups -OCH3 is 1. The van der Waals surface area contributed by atoms with Gasteiger partial charge in [0.25, 0.3) is 0 Å². The Morgan fingerprint density at radius 3 is 2.72 bits per heavy atom. The standard InChI is InChI=1S/C12H22N4O2/c1-4-5-16(6-7-17)12-8-10(13-2)14-11(15-12)9-18-3/h8,17H,4-7,9H2,1-3H3,(H,13,14,15). The summed E-state index contributed by atoms with van der Waals surface area (Å²) in [5.41, 5.74) is 0. The second-order valence-electron chi connectivity index (χ2n) is 3.92. The first-order valence-corrected chi connectivity index (χ1v) is 6.15.